The topological polar surface area (TPSA) is 18.5 Å². The van der Waals surface area contributed by atoms with Crippen molar-refractivity contribution in [2.75, 3.05) is 13.2 Å². The van der Waals surface area contributed by atoms with Crippen LogP contribution < -0.4 is 0 Å². The van der Waals surface area contributed by atoms with Crippen molar-refractivity contribution in [1.82, 2.24) is 0 Å². The Labute approximate surface area is 143 Å². The third kappa shape index (κ3) is 4.19. The summed E-state index contributed by atoms with van der Waals surface area (Å²) < 4.78 is 65.1. The van der Waals surface area contributed by atoms with E-state index in [1.807, 2.05) is 6.92 Å². The minimum absolute atomic E-state index is 0.0144. The van der Waals surface area contributed by atoms with E-state index < -0.39 is 23.3 Å². The van der Waals surface area contributed by atoms with Gasteiger partial charge in [0.1, 0.15) is 5.82 Å². The van der Waals surface area contributed by atoms with E-state index in [0.29, 0.717) is 32.0 Å². The second-order valence-electron chi connectivity index (χ2n) is 6.31. The van der Waals surface area contributed by atoms with Crippen molar-refractivity contribution < 1.29 is 27.0 Å². The molecular weight excluding hydrogens is 336 g/mol. The van der Waals surface area contributed by atoms with Crippen LogP contribution in [0.25, 0.3) is 11.1 Å². The highest BCUT2D eigenvalue weighted by molar-refractivity contribution is 5.64. The van der Waals surface area contributed by atoms with Gasteiger partial charge < -0.3 is 9.47 Å². The molecule has 0 bridgehead atoms. The van der Waals surface area contributed by atoms with Crippen LogP contribution in [0.2, 0.25) is 0 Å². The predicted molar refractivity (Wildman–Crippen MR) is 84.9 cm³/mol. The fourth-order valence-corrected chi connectivity index (χ4v) is 2.75. The quantitative estimate of drug-likeness (QED) is 0.577. The molecule has 0 N–H and O–H groups in total. The fraction of sp³-hybridized carbons (Fsp3) is 0.368. The van der Waals surface area contributed by atoms with Crippen LogP contribution in [0.4, 0.5) is 17.6 Å². The molecule has 25 heavy (non-hydrogen) atoms. The number of aryl methyl sites for hydroxylation is 1. The molecule has 1 aliphatic heterocycles. The largest absolute Gasteiger partial charge is 0.352 e. The SMILES string of the molecule is CC1COC(CCc2ccc(-c3cc(F)c(F)c(F)c3)c(F)c2)OC1. The summed E-state index contributed by atoms with van der Waals surface area (Å²) in [5.41, 5.74) is 0.684. The van der Waals surface area contributed by atoms with Gasteiger partial charge in [-0.3, -0.25) is 0 Å². The first-order valence-electron chi connectivity index (χ1n) is 8.10. The lowest BCUT2D eigenvalue weighted by Crippen LogP contribution is -2.30. The molecule has 1 aliphatic rings. The molecule has 134 valence electrons. The summed E-state index contributed by atoms with van der Waals surface area (Å²) in [6, 6.07) is 5.97. The minimum atomic E-state index is -1.57. The maximum atomic E-state index is 14.3. The molecule has 1 fully saturated rings. The van der Waals surface area contributed by atoms with E-state index >= 15 is 0 Å². The summed E-state index contributed by atoms with van der Waals surface area (Å²) in [5, 5.41) is 0. The van der Waals surface area contributed by atoms with Crippen LogP contribution in [0.15, 0.2) is 30.3 Å². The van der Waals surface area contributed by atoms with Crippen molar-refractivity contribution in [2.45, 2.75) is 26.1 Å². The van der Waals surface area contributed by atoms with Gasteiger partial charge in [0, 0.05) is 17.9 Å². The number of ether oxygens (including phenoxy) is 2. The maximum Gasteiger partial charge on any atom is 0.194 e. The molecule has 2 aromatic carbocycles. The second-order valence-corrected chi connectivity index (χ2v) is 6.31. The molecule has 3 rings (SSSR count). The van der Waals surface area contributed by atoms with E-state index in [-0.39, 0.29) is 17.4 Å². The minimum Gasteiger partial charge on any atom is -0.352 e. The van der Waals surface area contributed by atoms with Crippen molar-refractivity contribution >= 4 is 0 Å². The molecule has 1 saturated heterocycles. The van der Waals surface area contributed by atoms with E-state index in [4.69, 9.17) is 9.47 Å². The van der Waals surface area contributed by atoms with Crippen LogP contribution in [0.3, 0.4) is 0 Å². The first-order valence-corrected chi connectivity index (χ1v) is 8.10. The maximum absolute atomic E-state index is 14.3. The molecule has 0 spiro atoms. The number of rotatable bonds is 4. The first kappa shape index (κ1) is 17.9. The van der Waals surface area contributed by atoms with Crippen LogP contribution in [0, 0.1) is 29.2 Å². The Hall–Kier alpha value is -1.92. The second kappa shape index (κ2) is 7.54. The molecule has 0 amide bonds. The molecule has 0 atom stereocenters. The van der Waals surface area contributed by atoms with Crippen LogP contribution >= 0.6 is 0 Å². The lowest BCUT2D eigenvalue weighted by molar-refractivity contribution is -0.199. The van der Waals surface area contributed by atoms with Crippen molar-refractivity contribution in [3.8, 4) is 11.1 Å². The summed E-state index contributed by atoms with van der Waals surface area (Å²) in [6.45, 7) is 3.31. The van der Waals surface area contributed by atoms with Crippen LogP contribution in [-0.2, 0) is 15.9 Å². The van der Waals surface area contributed by atoms with Gasteiger partial charge in [0.05, 0.1) is 13.2 Å². The van der Waals surface area contributed by atoms with Gasteiger partial charge in [-0.05, 0) is 35.7 Å². The van der Waals surface area contributed by atoms with E-state index in [9.17, 15) is 17.6 Å². The highest BCUT2D eigenvalue weighted by Gasteiger charge is 2.19. The zero-order chi connectivity index (χ0) is 18.0. The Morgan fingerprint density at radius 2 is 1.56 bits per heavy atom. The Balaban J connectivity index is 1.71. The van der Waals surface area contributed by atoms with Crippen molar-refractivity contribution in [1.29, 1.82) is 0 Å². The molecule has 0 unspecified atom stereocenters. The van der Waals surface area contributed by atoms with Crippen LogP contribution in [0.1, 0.15) is 18.9 Å². The Bertz CT molecular complexity index is 732. The van der Waals surface area contributed by atoms with E-state index in [1.165, 1.54) is 12.1 Å². The first-order chi connectivity index (χ1) is 11.9. The number of benzene rings is 2. The normalized spacial score (nSPS) is 20.7. The summed E-state index contributed by atoms with van der Waals surface area (Å²) in [5.74, 6) is -4.52. The Morgan fingerprint density at radius 1 is 0.920 bits per heavy atom. The monoisotopic (exact) mass is 354 g/mol. The van der Waals surface area contributed by atoms with Gasteiger partial charge in [0.15, 0.2) is 23.7 Å². The van der Waals surface area contributed by atoms with Gasteiger partial charge in [0.25, 0.3) is 0 Å². The lowest BCUT2D eigenvalue weighted by Gasteiger charge is -2.27. The van der Waals surface area contributed by atoms with Crippen LogP contribution in [-0.4, -0.2) is 19.5 Å². The number of halogens is 4. The Morgan fingerprint density at radius 3 is 2.16 bits per heavy atom. The summed E-state index contributed by atoms with van der Waals surface area (Å²) in [7, 11) is 0. The van der Waals surface area contributed by atoms with Gasteiger partial charge in [-0.25, -0.2) is 17.6 Å². The number of hydrogen-bond donors (Lipinski definition) is 0. The molecule has 0 aliphatic carbocycles. The Kier molecular flexibility index (Phi) is 5.39. The molecule has 2 aromatic rings. The zero-order valence-corrected chi connectivity index (χ0v) is 13.7. The lowest BCUT2D eigenvalue weighted by atomic mass is 10.0. The molecule has 0 aromatic heterocycles. The standard InChI is InChI=1S/C19H18F4O2/c1-11-9-24-18(25-10-11)5-3-12-2-4-14(15(20)6-12)13-7-16(21)19(23)17(22)8-13/h2,4,6-8,11,18H,3,5,9-10H2,1H3. The average Bonchev–Trinajstić information content (AvgIpc) is 2.59. The van der Waals surface area contributed by atoms with Gasteiger partial charge in [0.2, 0.25) is 0 Å². The van der Waals surface area contributed by atoms with Crippen LogP contribution in [0.5, 0.6) is 0 Å². The smallest absolute Gasteiger partial charge is 0.194 e. The molecule has 2 nitrogen and oxygen atoms in total. The van der Waals surface area contributed by atoms with Crippen molar-refractivity contribution in [2.24, 2.45) is 5.92 Å². The number of hydrogen-bond acceptors (Lipinski definition) is 2. The van der Waals surface area contributed by atoms with E-state index in [0.717, 1.165) is 17.7 Å². The van der Waals surface area contributed by atoms with Gasteiger partial charge >= 0.3 is 0 Å². The highest BCUT2D eigenvalue weighted by Crippen LogP contribution is 2.27. The summed E-state index contributed by atoms with van der Waals surface area (Å²) >= 11 is 0. The van der Waals surface area contributed by atoms with Gasteiger partial charge in [-0.1, -0.05) is 19.1 Å². The molecule has 6 heteroatoms. The predicted octanol–water partition coefficient (Wildman–Crippen LogP) is 4.85. The van der Waals surface area contributed by atoms with Crippen molar-refractivity contribution in [3.63, 3.8) is 0 Å². The third-order valence-corrected chi connectivity index (χ3v) is 4.13. The van der Waals surface area contributed by atoms with E-state index in [1.54, 1.807) is 6.07 Å². The van der Waals surface area contributed by atoms with Crippen molar-refractivity contribution in [3.05, 3.63) is 59.2 Å². The molecule has 0 radical (unpaired) electrons. The highest BCUT2D eigenvalue weighted by atomic mass is 19.2. The fourth-order valence-electron chi connectivity index (χ4n) is 2.75. The zero-order valence-electron chi connectivity index (χ0n) is 13.7. The molecular formula is C19H18F4O2. The summed E-state index contributed by atoms with van der Waals surface area (Å²) in [4.78, 5) is 0. The van der Waals surface area contributed by atoms with Gasteiger partial charge in [-0.15, -0.1) is 0 Å². The molecule has 1 heterocycles. The molecule has 0 saturated carbocycles. The third-order valence-electron chi connectivity index (χ3n) is 4.13. The summed E-state index contributed by atoms with van der Waals surface area (Å²) in [6.07, 6.45) is 0.826. The van der Waals surface area contributed by atoms with Gasteiger partial charge in [-0.2, -0.15) is 0 Å². The van der Waals surface area contributed by atoms with E-state index in [2.05, 4.69) is 0 Å². The average molecular weight is 354 g/mol.